The summed E-state index contributed by atoms with van der Waals surface area (Å²) in [5.41, 5.74) is 3.37. The Morgan fingerprint density at radius 1 is 1.14 bits per heavy atom. The summed E-state index contributed by atoms with van der Waals surface area (Å²) < 4.78 is 0. The molecule has 1 fully saturated rings. The number of nitrogens with zero attached hydrogens (tertiary/aromatic N) is 2. The molecule has 1 aromatic rings. The first-order chi connectivity index (χ1) is 15.8. The topological polar surface area (TPSA) is 165 Å². The van der Waals surface area contributed by atoms with Crippen LogP contribution in [0, 0.1) is 11.8 Å². The number of aliphatic hydroxyl groups is 3. The number of nitrogens with two attached hydrogens (primary N) is 1. The number of benzene rings is 1. The molecule has 1 aromatic carbocycles. The molecule has 35 heavy (non-hydrogen) atoms. The van der Waals surface area contributed by atoms with Gasteiger partial charge in [0.1, 0.15) is 22.8 Å². The van der Waals surface area contributed by atoms with E-state index < -0.39 is 58.0 Å². The van der Waals surface area contributed by atoms with Crippen molar-refractivity contribution in [3.8, 4) is 5.75 Å². The van der Waals surface area contributed by atoms with Crippen LogP contribution < -0.4 is 5.73 Å². The third-order valence-corrected chi connectivity index (χ3v) is 7.19. The van der Waals surface area contributed by atoms with E-state index in [1.54, 1.807) is 20.2 Å². The molecule has 11 heteroatoms. The molecule has 0 heterocycles. The van der Waals surface area contributed by atoms with Crippen LogP contribution in [0.2, 0.25) is 0 Å². The Morgan fingerprint density at radius 3 is 2.31 bits per heavy atom. The summed E-state index contributed by atoms with van der Waals surface area (Å²) >= 11 is 0. The van der Waals surface area contributed by atoms with Crippen molar-refractivity contribution in [2.24, 2.45) is 17.6 Å². The van der Waals surface area contributed by atoms with E-state index >= 15 is 0 Å². The molecule has 6 N–H and O–H groups in total. The normalized spacial score (nSPS) is 28.0. The molecule has 0 aliphatic heterocycles. The second kappa shape index (κ2) is 8.94. The fourth-order valence-electron chi connectivity index (χ4n) is 5.80. The Balaban J connectivity index is 0.00000342. The summed E-state index contributed by atoms with van der Waals surface area (Å²) in [4.78, 5) is 42.2. The highest BCUT2D eigenvalue weighted by Crippen LogP contribution is 2.52. The lowest BCUT2D eigenvalue weighted by Crippen LogP contribution is -2.65. The smallest absolute Gasteiger partial charge is 0.255 e. The van der Waals surface area contributed by atoms with E-state index in [0.717, 1.165) is 5.56 Å². The number of primary amides is 1. The van der Waals surface area contributed by atoms with E-state index in [0.29, 0.717) is 12.1 Å². The van der Waals surface area contributed by atoms with Crippen molar-refractivity contribution in [2.45, 2.75) is 31.0 Å². The zero-order chi connectivity index (χ0) is 25.3. The van der Waals surface area contributed by atoms with Crippen LogP contribution in [-0.2, 0) is 27.3 Å². The number of carbonyl (C=O) groups excluding carboxylic acids is 3. The molecule has 0 saturated heterocycles. The second-order valence-corrected chi connectivity index (χ2v) is 9.80. The molecule has 3 aliphatic carbocycles. The number of rotatable bonds is 4. The fourth-order valence-corrected chi connectivity index (χ4v) is 5.80. The lowest BCUT2D eigenvalue weighted by molar-refractivity contribution is -0.153. The number of ketones is 2. The number of hydrogen-bond acceptors (Lipinski definition) is 9. The Labute approximate surface area is 208 Å². The van der Waals surface area contributed by atoms with Crippen LogP contribution in [0.4, 0.5) is 0 Å². The number of aliphatic hydroxyl groups excluding tert-OH is 2. The molecule has 0 bridgehead atoms. The summed E-state index contributed by atoms with van der Waals surface area (Å²) in [6.45, 7) is 0.531. The lowest BCUT2D eigenvalue weighted by Gasteiger charge is -2.50. The van der Waals surface area contributed by atoms with Crippen molar-refractivity contribution < 1.29 is 34.8 Å². The van der Waals surface area contributed by atoms with Crippen LogP contribution in [0.3, 0.4) is 0 Å². The Hall–Kier alpha value is -2.92. The van der Waals surface area contributed by atoms with Crippen molar-refractivity contribution in [2.75, 3.05) is 28.2 Å². The van der Waals surface area contributed by atoms with Crippen molar-refractivity contribution >= 4 is 35.6 Å². The number of aromatic hydroxyl groups is 1. The minimum absolute atomic E-state index is 0. The minimum atomic E-state index is -2.62. The van der Waals surface area contributed by atoms with Gasteiger partial charge in [0.05, 0.1) is 11.6 Å². The number of carbonyl (C=O) groups is 3. The van der Waals surface area contributed by atoms with Gasteiger partial charge in [0.25, 0.3) is 5.91 Å². The van der Waals surface area contributed by atoms with Crippen LogP contribution in [0.25, 0.3) is 5.76 Å². The largest absolute Gasteiger partial charge is 0.508 e. The Bertz CT molecular complexity index is 1190. The minimum Gasteiger partial charge on any atom is -0.508 e. The first-order valence-corrected chi connectivity index (χ1v) is 11.0. The zero-order valence-electron chi connectivity index (χ0n) is 19.9. The van der Waals surface area contributed by atoms with E-state index in [2.05, 4.69) is 0 Å². The van der Waals surface area contributed by atoms with Crippen LogP contribution in [0.15, 0.2) is 29.0 Å². The summed E-state index contributed by atoms with van der Waals surface area (Å²) in [6, 6.07) is 2.10. The van der Waals surface area contributed by atoms with Gasteiger partial charge in [0, 0.05) is 18.0 Å². The molecule has 0 aromatic heterocycles. The molecule has 190 valence electrons. The zero-order valence-corrected chi connectivity index (χ0v) is 20.7. The predicted molar refractivity (Wildman–Crippen MR) is 129 cm³/mol. The predicted octanol–water partition coefficient (Wildman–Crippen LogP) is 0.447. The number of fused-ring (bicyclic) bond motifs is 3. The maximum atomic E-state index is 13.7. The van der Waals surface area contributed by atoms with E-state index in [4.69, 9.17) is 5.73 Å². The van der Waals surface area contributed by atoms with Crippen molar-refractivity contribution in [1.29, 1.82) is 0 Å². The van der Waals surface area contributed by atoms with E-state index in [1.165, 1.54) is 11.0 Å². The van der Waals surface area contributed by atoms with Gasteiger partial charge in [0.2, 0.25) is 5.78 Å². The quantitative estimate of drug-likeness (QED) is 0.364. The van der Waals surface area contributed by atoms with Gasteiger partial charge in [-0.1, -0.05) is 6.07 Å². The van der Waals surface area contributed by atoms with Gasteiger partial charge in [-0.15, -0.1) is 12.4 Å². The Morgan fingerprint density at radius 2 is 1.77 bits per heavy atom. The lowest BCUT2D eigenvalue weighted by atomic mass is 9.57. The molecule has 4 rings (SSSR count). The van der Waals surface area contributed by atoms with Gasteiger partial charge in [-0.3, -0.25) is 19.3 Å². The molecule has 0 radical (unpaired) electrons. The molecule has 4 atom stereocenters. The van der Waals surface area contributed by atoms with Crippen LogP contribution >= 0.6 is 12.4 Å². The van der Waals surface area contributed by atoms with Crippen LogP contribution in [0.5, 0.6) is 5.75 Å². The number of halogens is 1. The number of Topliss-reactive ketones (excluding diaryl/α,β-unsaturated/α-hetero) is 2. The SMILES string of the molecule is CN(C)Cc1ccc(O)c2c1C[C@H]1C[C@H]3[C@H](N(C)C)C(=O)C(C(N)=O)=C(O)[C@@]3(O)C(=O)C1=C2O.Cl. The van der Waals surface area contributed by atoms with E-state index in [9.17, 15) is 34.8 Å². The summed E-state index contributed by atoms with van der Waals surface area (Å²) in [5, 5.41) is 44.1. The molecular weight excluding hydrogens is 478 g/mol. The second-order valence-electron chi connectivity index (χ2n) is 9.80. The van der Waals surface area contributed by atoms with Gasteiger partial charge in [-0.2, -0.15) is 0 Å². The average molecular weight is 508 g/mol. The highest BCUT2D eigenvalue weighted by atomic mass is 35.5. The van der Waals surface area contributed by atoms with Crippen molar-refractivity contribution in [1.82, 2.24) is 9.80 Å². The highest BCUT2D eigenvalue weighted by molar-refractivity contribution is 6.24. The molecule has 1 saturated carbocycles. The molecule has 0 spiro atoms. The molecule has 0 unspecified atom stereocenters. The number of likely N-dealkylation sites (N-methyl/N-ethyl adjacent to an activating group) is 1. The van der Waals surface area contributed by atoms with Gasteiger partial charge in [0.15, 0.2) is 11.4 Å². The van der Waals surface area contributed by atoms with E-state index in [-0.39, 0.29) is 42.1 Å². The summed E-state index contributed by atoms with van der Waals surface area (Å²) in [7, 11) is 6.91. The number of phenols is 1. The number of phenolic OH excluding ortho intramolecular Hbond substituents is 1. The van der Waals surface area contributed by atoms with Crippen LogP contribution in [0.1, 0.15) is 23.1 Å². The fraction of sp³-hybridized carbons (Fsp3) is 0.458. The van der Waals surface area contributed by atoms with E-state index in [1.807, 2.05) is 19.0 Å². The van der Waals surface area contributed by atoms with Gasteiger partial charge >= 0.3 is 0 Å². The third-order valence-electron chi connectivity index (χ3n) is 7.19. The van der Waals surface area contributed by atoms with Gasteiger partial charge in [-0.25, -0.2) is 0 Å². The maximum absolute atomic E-state index is 13.7. The Kier molecular flexibility index (Phi) is 6.82. The standard InChI is InChI=1S/C24H29N3O7.ClH/c1-26(2)9-10-5-6-14(28)16-12(10)7-11-8-13-18(27(3)4)20(30)17(23(25)33)22(32)24(13,34)21(31)15(11)19(16)29;/h5-6,11,13,18,28-29,32,34H,7-9H2,1-4H3,(H2,25,33);1H/t11-,13-,18-,24-;/m0./s1. The van der Waals surface area contributed by atoms with Gasteiger partial charge in [-0.05, 0) is 64.1 Å². The molecular formula is C24H30ClN3O7. The average Bonchev–Trinajstić information content (AvgIpc) is 2.72. The first kappa shape index (κ1) is 26.7. The van der Waals surface area contributed by atoms with Crippen LogP contribution in [-0.4, -0.2) is 87.5 Å². The van der Waals surface area contributed by atoms with Crippen molar-refractivity contribution in [3.05, 3.63) is 45.7 Å². The third kappa shape index (κ3) is 3.72. The van der Waals surface area contributed by atoms with Crippen molar-refractivity contribution in [3.63, 3.8) is 0 Å². The number of amides is 1. The monoisotopic (exact) mass is 507 g/mol. The first-order valence-electron chi connectivity index (χ1n) is 11.0. The van der Waals surface area contributed by atoms with Gasteiger partial charge < -0.3 is 31.1 Å². The summed E-state index contributed by atoms with van der Waals surface area (Å²) in [5.74, 6) is -6.48. The highest BCUT2D eigenvalue weighted by Gasteiger charge is 2.64. The molecule has 1 amide bonds. The maximum Gasteiger partial charge on any atom is 0.255 e. The number of hydrogen-bond donors (Lipinski definition) is 5. The summed E-state index contributed by atoms with van der Waals surface area (Å²) in [6.07, 6.45) is 0.356. The molecule has 3 aliphatic rings. The molecule has 10 nitrogen and oxygen atoms in total.